The van der Waals surface area contributed by atoms with E-state index >= 15 is 0 Å². The van der Waals surface area contributed by atoms with Crippen LogP contribution in [0.2, 0.25) is 0 Å². The van der Waals surface area contributed by atoms with Gasteiger partial charge in [0.25, 0.3) is 0 Å². The predicted octanol–water partition coefficient (Wildman–Crippen LogP) is 1.48. The molecular formula is C10H14N2O. The third-order valence-corrected chi connectivity index (χ3v) is 3.07. The van der Waals surface area contributed by atoms with Gasteiger partial charge in [-0.15, -0.1) is 0 Å². The second kappa shape index (κ2) is 3.07. The molecule has 0 saturated heterocycles. The van der Waals surface area contributed by atoms with E-state index in [9.17, 15) is 5.11 Å². The van der Waals surface area contributed by atoms with E-state index in [1.165, 1.54) is 6.33 Å². The van der Waals surface area contributed by atoms with E-state index in [-0.39, 0.29) is 0 Å². The van der Waals surface area contributed by atoms with Crippen molar-refractivity contribution in [1.29, 1.82) is 0 Å². The van der Waals surface area contributed by atoms with Gasteiger partial charge in [-0.3, -0.25) is 0 Å². The summed E-state index contributed by atoms with van der Waals surface area (Å²) >= 11 is 0. The summed E-state index contributed by atoms with van der Waals surface area (Å²) in [5.41, 5.74) is 0.182. The van der Waals surface area contributed by atoms with Crippen LogP contribution in [-0.4, -0.2) is 15.1 Å². The molecule has 0 radical (unpaired) electrons. The number of hydrogen-bond donors (Lipinski definition) is 1. The zero-order valence-electron chi connectivity index (χ0n) is 7.77. The minimum atomic E-state index is -0.679. The zero-order valence-corrected chi connectivity index (χ0v) is 7.77. The standard InChI is InChI=1S/C10H14N2O/c1-8-3-2-4-10(8,13)9-5-11-7-12-6-9/h5-8,13H,2-4H2,1H3. The van der Waals surface area contributed by atoms with Gasteiger partial charge in [-0.1, -0.05) is 6.92 Å². The van der Waals surface area contributed by atoms with Crippen LogP contribution in [0.3, 0.4) is 0 Å². The van der Waals surface area contributed by atoms with Crippen molar-refractivity contribution in [2.24, 2.45) is 5.92 Å². The van der Waals surface area contributed by atoms with E-state index in [0.29, 0.717) is 5.92 Å². The Morgan fingerprint density at radius 2 is 2.15 bits per heavy atom. The molecule has 1 fully saturated rings. The van der Waals surface area contributed by atoms with Crippen molar-refractivity contribution in [2.45, 2.75) is 31.8 Å². The molecule has 0 aromatic carbocycles. The summed E-state index contributed by atoms with van der Waals surface area (Å²) in [6.07, 6.45) is 7.94. The summed E-state index contributed by atoms with van der Waals surface area (Å²) in [6, 6.07) is 0. The summed E-state index contributed by atoms with van der Waals surface area (Å²) in [6.45, 7) is 2.08. The highest BCUT2D eigenvalue weighted by molar-refractivity contribution is 5.17. The first-order valence-electron chi connectivity index (χ1n) is 4.71. The predicted molar refractivity (Wildman–Crippen MR) is 48.9 cm³/mol. The Balaban J connectivity index is 2.34. The van der Waals surface area contributed by atoms with Crippen LogP contribution in [-0.2, 0) is 5.60 Å². The minimum absolute atomic E-state index is 0.318. The van der Waals surface area contributed by atoms with Crippen LogP contribution >= 0.6 is 0 Å². The van der Waals surface area contributed by atoms with Crippen molar-refractivity contribution in [3.8, 4) is 0 Å². The van der Waals surface area contributed by atoms with Crippen LogP contribution in [0.5, 0.6) is 0 Å². The number of aliphatic hydroxyl groups is 1. The number of nitrogens with zero attached hydrogens (tertiary/aromatic N) is 2. The van der Waals surface area contributed by atoms with Crippen molar-refractivity contribution in [3.63, 3.8) is 0 Å². The third kappa shape index (κ3) is 1.33. The maximum atomic E-state index is 10.4. The van der Waals surface area contributed by atoms with Crippen LogP contribution in [0.25, 0.3) is 0 Å². The molecule has 2 unspecified atom stereocenters. The fourth-order valence-electron chi connectivity index (χ4n) is 2.11. The molecule has 0 bridgehead atoms. The van der Waals surface area contributed by atoms with Gasteiger partial charge in [0, 0.05) is 18.0 Å². The Morgan fingerprint density at radius 1 is 1.46 bits per heavy atom. The van der Waals surface area contributed by atoms with Gasteiger partial charge in [0.2, 0.25) is 0 Å². The van der Waals surface area contributed by atoms with E-state index in [1.54, 1.807) is 12.4 Å². The smallest absolute Gasteiger partial charge is 0.115 e. The summed E-state index contributed by atoms with van der Waals surface area (Å²) in [5, 5.41) is 10.4. The number of aromatic nitrogens is 2. The molecule has 3 heteroatoms. The lowest BCUT2D eigenvalue weighted by atomic mass is 9.87. The van der Waals surface area contributed by atoms with Gasteiger partial charge < -0.3 is 5.11 Å². The van der Waals surface area contributed by atoms with Crippen LogP contribution in [0.4, 0.5) is 0 Å². The van der Waals surface area contributed by atoms with Gasteiger partial charge in [-0.2, -0.15) is 0 Å². The highest BCUT2D eigenvalue weighted by Gasteiger charge is 2.40. The Bertz CT molecular complexity index is 288. The Hall–Kier alpha value is -0.960. The summed E-state index contributed by atoms with van der Waals surface area (Å²) < 4.78 is 0. The second-order valence-corrected chi connectivity index (χ2v) is 3.84. The fraction of sp³-hybridized carbons (Fsp3) is 0.600. The monoisotopic (exact) mass is 178 g/mol. The molecule has 0 aliphatic heterocycles. The molecule has 3 nitrogen and oxygen atoms in total. The lowest BCUT2D eigenvalue weighted by Crippen LogP contribution is -2.28. The second-order valence-electron chi connectivity index (χ2n) is 3.84. The van der Waals surface area contributed by atoms with Crippen molar-refractivity contribution < 1.29 is 5.11 Å². The molecule has 1 saturated carbocycles. The largest absolute Gasteiger partial charge is 0.385 e. The minimum Gasteiger partial charge on any atom is -0.385 e. The highest BCUT2D eigenvalue weighted by atomic mass is 16.3. The third-order valence-electron chi connectivity index (χ3n) is 3.07. The SMILES string of the molecule is CC1CCCC1(O)c1cncnc1. The van der Waals surface area contributed by atoms with Gasteiger partial charge in [-0.05, 0) is 25.2 Å². The molecule has 1 aliphatic rings. The zero-order chi connectivity index (χ0) is 9.31. The molecule has 1 aromatic heterocycles. The average Bonchev–Trinajstić information content (AvgIpc) is 2.50. The molecular weight excluding hydrogens is 164 g/mol. The van der Waals surface area contributed by atoms with Gasteiger partial charge in [-0.25, -0.2) is 9.97 Å². The molecule has 2 atom stereocenters. The van der Waals surface area contributed by atoms with Crippen molar-refractivity contribution in [3.05, 3.63) is 24.3 Å². The summed E-state index contributed by atoms with van der Waals surface area (Å²) in [4.78, 5) is 7.88. The molecule has 1 aliphatic carbocycles. The summed E-state index contributed by atoms with van der Waals surface area (Å²) in [7, 11) is 0. The lowest BCUT2D eigenvalue weighted by Gasteiger charge is -2.27. The molecule has 1 aromatic rings. The maximum Gasteiger partial charge on any atom is 0.115 e. The van der Waals surface area contributed by atoms with Crippen molar-refractivity contribution >= 4 is 0 Å². The fourth-order valence-corrected chi connectivity index (χ4v) is 2.11. The van der Waals surface area contributed by atoms with E-state index in [4.69, 9.17) is 0 Å². The van der Waals surface area contributed by atoms with Crippen LogP contribution in [0.1, 0.15) is 31.7 Å². The molecule has 0 amide bonds. The Labute approximate surface area is 77.8 Å². The summed E-state index contributed by atoms with van der Waals surface area (Å²) in [5.74, 6) is 0.318. The van der Waals surface area contributed by atoms with E-state index < -0.39 is 5.60 Å². The van der Waals surface area contributed by atoms with Crippen molar-refractivity contribution in [1.82, 2.24) is 9.97 Å². The van der Waals surface area contributed by atoms with Gasteiger partial charge in [0.15, 0.2) is 0 Å². The first-order chi connectivity index (χ1) is 6.23. The van der Waals surface area contributed by atoms with Gasteiger partial charge >= 0.3 is 0 Å². The Morgan fingerprint density at radius 3 is 2.69 bits per heavy atom. The van der Waals surface area contributed by atoms with E-state index in [0.717, 1.165) is 24.8 Å². The molecule has 13 heavy (non-hydrogen) atoms. The quantitative estimate of drug-likeness (QED) is 0.708. The highest BCUT2D eigenvalue weighted by Crippen LogP contribution is 2.42. The van der Waals surface area contributed by atoms with Gasteiger partial charge in [0.05, 0.1) is 5.60 Å². The normalized spacial score (nSPS) is 33.5. The topological polar surface area (TPSA) is 46.0 Å². The van der Waals surface area contributed by atoms with Crippen LogP contribution in [0.15, 0.2) is 18.7 Å². The molecule has 0 spiro atoms. The first kappa shape index (κ1) is 8.63. The number of rotatable bonds is 1. The van der Waals surface area contributed by atoms with Crippen LogP contribution < -0.4 is 0 Å². The van der Waals surface area contributed by atoms with E-state index in [1.807, 2.05) is 0 Å². The molecule has 2 rings (SSSR count). The first-order valence-corrected chi connectivity index (χ1v) is 4.71. The Kier molecular flexibility index (Phi) is 2.04. The molecule has 70 valence electrons. The van der Waals surface area contributed by atoms with Crippen molar-refractivity contribution in [2.75, 3.05) is 0 Å². The molecule has 1 heterocycles. The maximum absolute atomic E-state index is 10.4. The van der Waals surface area contributed by atoms with Crippen LogP contribution in [0, 0.1) is 5.92 Å². The lowest BCUT2D eigenvalue weighted by molar-refractivity contribution is 0.00383. The van der Waals surface area contributed by atoms with Gasteiger partial charge in [0.1, 0.15) is 6.33 Å². The molecule has 1 N–H and O–H groups in total. The average molecular weight is 178 g/mol. The number of hydrogen-bond acceptors (Lipinski definition) is 3. The van der Waals surface area contributed by atoms with E-state index in [2.05, 4.69) is 16.9 Å².